The zero-order chi connectivity index (χ0) is 42.8. The number of rotatable bonds is 24. The summed E-state index contributed by atoms with van der Waals surface area (Å²) in [4.78, 5) is 87.5. The minimum Gasteiger partial charge on any atom is -0.393 e. The molecule has 29 heteroatoms. The van der Waals surface area contributed by atoms with Crippen molar-refractivity contribution in [1.82, 2.24) is 30.2 Å². The molecule has 3 rings (SSSR count). The number of fused-ring (bicyclic) bond motifs is 1. The number of hydrogen-bond acceptors (Lipinski definition) is 19. The van der Waals surface area contributed by atoms with Gasteiger partial charge in [-0.05, 0) is 6.42 Å². The van der Waals surface area contributed by atoms with Gasteiger partial charge in [-0.3, -0.25) is 32.5 Å². The first-order valence-corrected chi connectivity index (χ1v) is 22.7. The number of aliphatic hydroxyl groups excluding tert-OH is 3. The van der Waals surface area contributed by atoms with E-state index in [4.69, 9.17) is 19.5 Å². The third-order valence-corrected chi connectivity index (χ3v) is 12.1. The maximum absolute atomic E-state index is 12.7. The Kier molecular flexibility index (Phi) is 18.2. The molecule has 25 nitrogen and oxygen atoms in total. The van der Waals surface area contributed by atoms with E-state index in [0.717, 1.165) is 41.8 Å². The van der Waals surface area contributed by atoms with Gasteiger partial charge in [-0.15, -0.1) is 0 Å². The van der Waals surface area contributed by atoms with Crippen LogP contribution in [0.3, 0.4) is 0 Å². The molecule has 2 amide bonds. The molecule has 11 N–H and O–H groups in total. The Morgan fingerprint density at radius 3 is 2.40 bits per heavy atom. The number of nitrogens with two attached hydrogens (primary N) is 1. The second kappa shape index (κ2) is 21.2. The van der Waals surface area contributed by atoms with Crippen LogP contribution in [0.25, 0.3) is 11.2 Å². The molecule has 3 heterocycles. The monoisotopic (exact) mass is 895 g/mol. The van der Waals surface area contributed by atoms with Gasteiger partial charge in [-0.1, -0.05) is 45.4 Å². The second-order valence-corrected chi connectivity index (χ2v) is 18.7. The van der Waals surface area contributed by atoms with Crippen LogP contribution in [0.2, 0.25) is 0 Å². The first-order valence-electron chi connectivity index (χ1n) is 17.2. The Hall–Kier alpha value is -2.48. The molecular weight excluding hydrogens is 847 g/mol. The molecule has 57 heavy (non-hydrogen) atoms. The number of aromatic nitrogens is 4. The van der Waals surface area contributed by atoms with Gasteiger partial charge < -0.3 is 56.0 Å². The highest BCUT2D eigenvalue weighted by molar-refractivity contribution is 8.13. The van der Waals surface area contributed by atoms with E-state index in [9.17, 15) is 63.0 Å². The van der Waals surface area contributed by atoms with E-state index < -0.39 is 90.7 Å². The minimum atomic E-state index is -5.58. The number of unbranched alkanes of at least 4 members (excludes halogenated alkanes) is 1. The molecule has 2 aromatic rings. The first kappa shape index (κ1) is 48.9. The maximum atomic E-state index is 12.7. The van der Waals surface area contributed by atoms with Gasteiger partial charge in [0.25, 0.3) is 0 Å². The summed E-state index contributed by atoms with van der Waals surface area (Å²) in [6, 6.07) is 0. The van der Waals surface area contributed by atoms with Crippen molar-refractivity contribution in [3.8, 4) is 0 Å². The average Bonchev–Trinajstić information content (AvgIpc) is 3.67. The number of nitrogen functional groups attached to an aromatic ring is 1. The largest absolute Gasteiger partial charge is 0.481 e. The SMILES string of the molecule is CCCCC(O)CC(=O)SCCNC(=O)CCNC(=O)C(O)C(C)(C)COP(=O)(O)OP(=O)(O)OCC1OC(n2cnc3c(N)ncnc32)C(O)C1OP(=O)(O)O. The molecule has 1 saturated heterocycles. The van der Waals surface area contributed by atoms with E-state index in [2.05, 4.69) is 34.4 Å². The number of ether oxygens (including phenoxy) is 1. The molecule has 0 radical (unpaired) electrons. The van der Waals surface area contributed by atoms with Gasteiger partial charge in [0.1, 0.15) is 36.3 Å². The number of thioether (sulfide) groups is 1. The second-order valence-electron chi connectivity index (χ2n) is 13.3. The fraction of sp³-hybridized carbons (Fsp3) is 0.714. The van der Waals surface area contributed by atoms with Gasteiger partial charge in [-0.25, -0.2) is 28.6 Å². The number of carbonyl (C=O) groups excluding carboxylic acids is 3. The summed E-state index contributed by atoms with van der Waals surface area (Å²) in [6.45, 7) is 2.35. The van der Waals surface area contributed by atoms with Crippen LogP contribution in [0.15, 0.2) is 12.7 Å². The topological polar surface area (TPSA) is 384 Å². The van der Waals surface area contributed by atoms with Crippen molar-refractivity contribution in [2.24, 2.45) is 5.41 Å². The zero-order valence-electron chi connectivity index (χ0n) is 30.9. The molecule has 1 aliphatic heterocycles. The number of aliphatic hydroxyl groups is 3. The van der Waals surface area contributed by atoms with Gasteiger partial charge in [0.05, 0.1) is 25.6 Å². The van der Waals surface area contributed by atoms with Crippen molar-refractivity contribution in [3.63, 3.8) is 0 Å². The van der Waals surface area contributed by atoms with Gasteiger partial charge in [-0.2, -0.15) is 4.31 Å². The number of anilines is 1. The van der Waals surface area contributed by atoms with E-state index in [-0.39, 0.29) is 53.8 Å². The van der Waals surface area contributed by atoms with Crippen LogP contribution in [0.5, 0.6) is 0 Å². The van der Waals surface area contributed by atoms with Crippen molar-refractivity contribution in [1.29, 1.82) is 0 Å². The molecule has 324 valence electrons. The van der Waals surface area contributed by atoms with E-state index in [0.29, 0.717) is 6.42 Å². The fourth-order valence-corrected chi connectivity index (χ4v) is 8.66. The highest BCUT2D eigenvalue weighted by Crippen LogP contribution is 2.61. The normalized spacial score (nSPS) is 22.1. The van der Waals surface area contributed by atoms with Gasteiger partial charge in [0.2, 0.25) is 11.8 Å². The summed E-state index contributed by atoms with van der Waals surface area (Å²) >= 11 is 0.972. The number of imidazole rings is 1. The van der Waals surface area contributed by atoms with Crippen LogP contribution in [-0.2, 0) is 50.7 Å². The summed E-state index contributed by atoms with van der Waals surface area (Å²) < 4.78 is 62.1. The lowest BCUT2D eigenvalue weighted by Gasteiger charge is -2.30. The van der Waals surface area contributed by atoms with Crippen LogP contribution in [0.1, 0.15) is 59.1 Å². The lowest BCUT2D eigenvalue weighted by molar-refractivity contribution is -0.137. The Balaban J connectivity index is 1.46. The van der Waals surface area contributed by atoms with E-state index >= 15 is 0 Å². The van der Waals surface area contributed by atoms with Crippen LogP contribution in [0.4, 0.5) is 5.82 Å². The van der Waals surface area contributed by atoms with Crippen molar-refractivity contribution < 1.29 is 85.6 Å². The Morgan fingerprint density at radius 1 is 1.05 bits per heavy atom. The number of nitrogens with one attached hydrogen (secondary N) is 2. The predicted molar refractivity (Wildman–Crippen MR) is 197 cm³/mol. The van der Waals surface area contributed by atoms with E-state index in [1.54, 1.807) is 0 Å². The minimum absolute atomic E-state index is 0.0144. The van der Waals surface area contributed by atoms with Crippen molar-refractivity contribution in [2.75, 3.05) is 37.8 Å². The number of nitrogens with zero attached hydrogens (tertiary/aromatic N) is 4. The molecular formula is C28H48N7O18P3S. The number of phosphoric acid groups is 3. The van der Waals surface area contributed by atoms with Crippen molar-refractivity contribution >= 4 is 69.1 Å². The Labute approximate surface area is 329 Å². The Morgan fingerprint density at radius 2 is 1.74 bits per heavy atom. The quantitative estimate of drug-likeness (QED) is 0.0473. The van der Waals surface area contributed by atoms with Gasteiger partial charge >= 0.3 is 23.5 Å². The number of carbonyl (C=O) groups is 3. The molecule has 2 aromatic heterocycles. The molecule has 0 saturated carbocycles. The summed E-state index contributed by atoms with van der Waals surface area (Å²) in [5, 5.41) is 35.9. The highest BCUT2D eigenvalue weighted by Gasteiger charge is 2.50. The smallest absolute Gasteiger partial charge is 0.393 e. The molecule has 8 atom stereocenters. The summed E-state index contributed by atoms with van der Waals surface area (Å²) in [6.07, 6.45) is -5.44. The lowest BCUT2D eigenvalue weighted by Crippen LogP contribution is -2.46. The third kappa shape index (κ3) is 15.6. The Bertz CT molecular complexity index is 1830. The molecule has 1 aliphatic rings. The first-order chi connectivity index (χ1) is 26.4. The van der Waals surface area contributed by atoms with E-state index in [1.165, 1.54) is 13.8 Å². The van der Waals surface area contributed by atoms with Crippen molar-refractivity contribution in [3.05, 3.63) is 12.7 Å². The maximum Gasteiger partial charge on any atom is 0.481 e. The zero-order valence-corrected chi connectivity index (χ0v) is 34.4. The van der Waals surface area contributed by atoms with Crippen LogP contribution < -0.4 is 16.4 Å². The molecule has 1 fully saturated rings. The van der Waals surface area contributed by atoms with Crippen molar-refractivity contribution in [2.45, 2.75) is 89.6 Å². The van der Waals surface area contributed by atoms with Crippen LogP contribution in [0, 0.1) is 5.41 Å². The lowest BCUT2D eigenvalue weighted by atomic mass is 9.87. The summed E-state index contributed by atoms with van der Waals surface area (Å²) in [5.74, 6) is -1.24. The third-order valence-electron chi connectivity index (χ3n) is 8.06. The fourth-order valence-electron chi connectivity index (χ4n) is 5.09. The molecule has 0 bridgehead atoms. The standard InChI is InChI=1S/C28H48N7O18P3S/c1-4-5-6-16(36)11-19(38)57-10-9-30-18(37)7-8-31-26(41)23(40)28(2,3)13-50-56(47,48)53-55(45,46)49-12-17-22(52-54(42,43)44)21(39)27(51-17)35-15-34-20-24(29)32-14-33-25(20)35/h14-17,21-23,27,36,39-40H,4-13H2,1-3H3,(H,30,37)(H,31,41)(H,45,46)(H,47,48)(H2,29,32,33)(H2,42,43,44). The molecule has 0 aromatic carbocycles. The summed E-state index contributed by atoms with van der Waals surface area (Å²) in [5.41, 5.74) is 4.24. The predicted octanol–water partition coefficient (Wildman–Crippen LogP) is -0.394. The van der Waals surface area contributed by atoms with E-state index in [1.807, 2.05) is 6.92 Å². The molecule has 8 unspecified atom stereocenters. The van der Waals surface area contributed by atoms with Gasteiger partial charge in [0, 0.05) is 37.1 Å². The number of phosphoric ester groups is 3. The molecule has 0 aliphatic carbocycles. The molecule has 0 spiro atoms. The summed E-state index contributed by atoms with van der Waals surface area (Å²) in [7, 11) is -16.4. The number of amides is 2. The average molecular weight is 896 g/mol. The highest BCUT2D eigenvalue weighted by atomic mass is 32.2. The van der Waals surface area contributed by atoms with Gasteiger partial charge in [0.15, 0.2) is 22.8 Å². The number of hydrogen-bond donors (Lipinski definition) is 10. The van der Waals surface area contributed by atoms with Crippen LogP contribution >= 0.6 is 35.2 Å². The van der Waals surface area contributed by atoms with Crippen LogP contribution in [-0.4, -0.2) is 134 Å².